The zero-order valence-corrected chi connectivity index (χ0v) is 11.0. The number of hydrogen-bond donors (Lipinski definition) is 1. The van der Waals surface area contributed by atoms with E-state index in [2.05, 4.69) is 5.32 Å². The first kappa shape index (κ1) is 14.7. The van der Waals surface area contributed by atoms with E-state index < -0.39 is 0 Å². The van der Waals surface area contributed by atoms with Crippen molar-refractivity contribution in [3.8, 4) is 0 Å². The summed E-state index contributed by atoms with van der Waals surface area (Å²) in [5, 5.41) is 3.76. The lowest BCUT2D eigenvalue weighted by molar-refractivity contribution is 0.146. The van der Waals surface area contributed by atoms with Crippen LogP contribution in [0.2, 0.25) is 5.02 Å². The molecule has 0 bridgehead atoms. The molecule has 17 heavy (non-hydrogen) atoms. The summed E-state index contributed by atoms with van der Waals surface area (Å²) in [6.07, 6.45) is 0.893. The molecule has 5 heteroatoms. The minimum absolute atomic E-state index is 0.267. The Balaban J connectivity index is 2.15. The Hall–Kier alpha value is -0.350. The van der Waals surface area contributed by atoms with Crippen LogP contribution in [0.1, 0.15) is 12.0 Å². The molecule has 0 saturated heterocycles. The van der Waals surface area contributed by atoms with E-state index in [4.69, 9.17) is 27.9 Å². The number of halogens is 3. The highest BCUT2D eigenvalue weighted by atomic mass is 35.5. The molecule has 0 aliphatic rings. The van der Waals surface area contributed by atoms with Crippen molar-refractivity contribution in [3.63, 3.8) is 0 Å². The summed E-state index contributed by atoms with van der Waals surface area (Å²) in [4.78, 5) is 0. The van der Waals surface area contributed by atoms with Gasteiger partial charge in [-0.2, -0.15) is 0 Å². The standard InChI is InChI=1S/C12H16Cl2FNO/c13-4-7-17-6-1-5-16-9-10-8-11(15)2-3-12(10)14/h2-3,8,16H,1,4-7,9H2. The topological polar surface area (TPSA) is 21.3 Å². The van der Waals surface area contributed by atoms with Crippen molar-refractivity contribution in [1.29, 1.82) is 0 Å². The monoisotopic (exact) mass is 279 g/mol. The number of alkyl halides is 1. The number of ether oxygens (including phenoxy) is 1. The molecule has 0 atom stereocenters. The second-order valence-corrected chi connectivity index (χ2v) is 4.35. The predicted molar refractivity (Wildman–Crippen MR) is 69.3 cm³/mol. The van der Waals surface area contributed by atoms with Gasteiger partial charge >= 0.3 is 0 Å². The Morgan fingerprint density at radius 1 is 1.29 bits per heavy atom. The fraction of sp³-hybridized carbons (Fsp3) is 0.500. The smallest absolute Gasteiger partial charge is 0.123 e. The normalized spacial score (nSPS) is 10.8. The summed E-state index contributed by atoms with van der Waals surface area (Å²) in [6, 6.07) is 4.36. The number of benzene rings is 1. The van der Waals surface area contributed by atoms with Crippen LogP contribution in [0.15, 0.2) is 18.2 Å². The van der Waals surface area contributed by atoms with E-state index in [1.165, 1.54) is 12.1 Å². The molecule has 0 fully saturated rings. The fourth-order valence-electron chi connectivity index (χ4n) is 1.36. The van der Waals surface area contributed by atoms with E-state index in [1.807, 2.05) is 0 Å². The van der Waals surface area contributed by atoms with Crippen LogP contribution in [0.4, 0.5) is 4.39 Å². The Morgan fingerprint density at radius 3 is 2.88 bits per heavy atom. The molecule has 1 aromatic rings. The van der Waals surface area contributed by atoms with Gasteiger partial charge in [-0.05, 0) is 36.7 Å². The van der Waals surface area contributed by atoms with Crippen molar-refractivity contribution in [1.82, 2.24) is 5.32 Å². The van der Waals surface area contributed by atoms with Crippen LogP contribution in [0.25, 0.3) is 0 Å². The first-order valence-corrected chi connectivity index (χ1v) is 6.43. The Labute approximate surface area is 111 Å². The summed E-state index contributed by atoms with van der Waals surface area (Å²) in [5.41, 5.74) is 0.772. The van der Waals surface area contributed by atoms with Crippen molar-refractivity contribution >= 4 is 23.2 Å². The molecule has 1 rings (SSSR count). The quantitative estimate of drug-likeness (QED) is 0.583. The second-order valence-electron chi connectivity index (χ2n) is 3.57. The third-order valence-electron chi connectivity index (χ3n) is 2.19. The molecule has 0 saturated carbocycles. The van der Waals surface area contributed by atoms with E-state index in [0.29, 0.717) is 30.7 Å². The van der Waals surface area contributed by atoms with Gasteiger partial charge < -0.3 is 10.1 Å². The zero-order chi connectivity index (χ0) is 12.5. The lowest BCUT2D eigenvalue weighted by Gasteiger charge is -2.07. The van der Waals surface area contributed by atoms with Crippen LogP contribution in [-0.2, 0) is 11.3 Å². The average molecular weight is 280 g/mol. The van der Waals surface area contributed by atoms with Gasteiger partial charge in [-0.15, -0.1) is 11.6 Å². The third kappa shape index (κ3) is 6.22. The van der Waals surface area contributed by atoms with Crippen molar-refractivity contribution < 1.29 is 9.13 Å². The molecular weight excluding hydrogens is 264 g/mol. The lowest BCUT2D eigenvalue weighted by atomic mass is 10.2. The maximum absolute atomic E-state index is 12.9. The molecule has 0 aromatic heterocycles. The van der Waals surface area contributed by atoms with Crippen molar-refractivity contribution in [2.75, 3.05) is 25.6 Å². The van der Waals surface area contributed by atoms with Gasteiger partial charge in [0.25, 0.3) is 0 Å². The summed E-state index contributed by atoms with van der Waals surface area (Å²) in [7, 11) is 0. The molecule has 0 spiro atoms. The highest BCUT2D eigenvalue weighted by Gasteiger charge is 2.01. The maximum atomic E-state index is 12.9. The molecule has 0 unspecified atom stereocenters. The second kappa shape index (κ2) is 8.70. The molecule has 0 radical (unpaired) electrons. The highest BCUT2D eigenvalue weighted by molar-refractivity contribution is 6.31. The number of nitrogens with one attached hydrogen (secondary N) is 1. The third-order valence-corrected chi connectivity index (χ3v) is 2.71. The van der Waals surface area contributed by atoms with Crippen molar-refractivity contribution in [3.05, 3.63) is 34.6 Å². The van der Waals surface area contributed by atoms with Gasteiger partial charge in [0.05, 0.1) is 6.61 Å². The fourth-order valence-corrected chi connectivity index (χ4v) is 1.65. The van der Waals surface area contributed by atoms with Gasteiger partial charge in [0, 0.05) is 24.1 Å². The van der Waals surface area contributed by atoms with Crippen LogP contribution in [0.3, 0.4) is 0 Å². The van der Waals surface area contributed by atoms with Gasteiger partial charge in [0.1, 0.15) is 5.82 Å². The van der Waals surface area contributed by atoms with Gasteiger partial charge in [0.15, 0.2) is 0 Å². The van der Waals surface area contributed by atoms with Crippen LogP contribution >= 0.6 is 23.2 Å². The van der Waals surface area contributed by atoms with E-state index in [0.717, 1.165) is 18.5 Å². The summed E-state index contributed by atoms with van der Waals surface area (Å²) >= 11 is 11.4. The van der Waals surface area contributed by atoms with Gasteiger partial charge in [-0.1, -0.05) is 11.6 Å². The van der Waals surface area contributed by atoms with Gasteiger partial charge in [-0.3, -0.25) is 0 Å². The Morgan fingerprint density at radius 2 is 2.12 bits per heavy atom. The van der Waals surface area contributed by atoms with E-state index >= 15 is 0 Å². The van der Waals surface area contributed by atoms with Crippen LogP contribution in [0, 0.1) is 5.82 Å². The lowest BCUT2D eigenvalue weighted by Crippen LogP contribution is -2.17. The summed E-state index contributed by atoms with van der Waals surface area (Å²) in [6.45, 7) is 2.62. The number of hydrogen-bond acceptors (Lipinski definition) is 2. The largest absolute Gasteiger partial charge is 0.380 e. The molecule has 1 N–H and O–H groups in total. The van der Waals surface area contributed by atoms with Crippen molar-refractivity contribution in [2.24, 2.45) is 0 Å². The van der Waals surface area contributed by atoms with Crippen molar-refractivity contribution in [2.45, 2.75) is 13.0 Å². The summed E-state index contributed by atoms with van der Waals surface area (Å²) in [5.74, 6) is 0.253. The first-order chi connectivity index (χ1) is 8.24. The Bertz CT molecular complexity index is 336. The number of rotatable bonds is 8. The molecule has 96 valence electrons. The first-order valence-electron chi connectivity index (χ1n) is 5.52. The van der Waals surface area contributed by atoms with E-state index in [9.17, 15) is 4.39 Å². The van der Waals surface area contributed by atoms with E-state index in [-0.39, 0.29) is 5.82 Å². The molecule has 0 aliphatic heterocycles. The van der Waals surface area contributed by atoms with Crippen LogP contribution < -0.4 is 5.32 Å². The maximum Gasteiger partial charge on any atom is 0.123 e. The van der Waals surface area contributed by atoms with Crippen LogP contribution in [0.5, 0.6) is 0 Å². The molecule has 0 heterocycles. The molecule has 2 nitrogen and oxygen atoms in total. The molecule has 0 aliphatic carbocycles. The minimum Gasteiger partial charge on any atom is -0.380 e. The molecular formula is C12H16Cl2FNO. The van der Waals surface area contributed by atoms with Gasteiger partial charge in [-0.25, -0.2) is 4.39 Å². The summed E-state index contributed by atoms with van der Waals surface area (Å²) < 4.78 is 18.2. The predicted octanol–water partition coefficient (Wildman–Crippen LogP) is 3.21. The average Bonchev–Trinajstić information content (AvgIpc) is 2.32. The SMILES string of the molecule is Fc1ccc(Cl)c(CNCCCOCCCl)c1. The zero-order valence-electron chi connectivity index (χ0n) is 9.52. The highest BCUT2D eigenvalue weighted by Crippen LogP contribution is 2.16. The Kier molecular flexibility index (Phi) is 7.53. The van der Waals surface area contributed by atoms with Crippen LogP contribution in [-0.4, -0.2) is 25.6 Å². The molecule has 1 aromatic carbocycles. The van der Waals surface area contributed by atoms with Gasteiger partial charge in [0.2, 0.25) is 0 Å². The van der Waals surface area contributed by atoms with E-state index in [1.54, 1.807) is 6.07 Å². The molecule has 0 amide bonds. The minimum atomic E-state index is -0.267.